The Morgan fingerprint density at radius 1 is 1.21 bits per heavy atom. The number of pyridine rings is 1. The average molecular weight is 429 g/mol. The number of aromatic nitrogens is 2. The number of rotatable bonds is 3. The number of nitrogens with zero attached hydrogens (tertiary/aromatic N) is 2. The molecule has 0 aliphatic heterocycles. The zero-order valence-electron chi connectivity index (χ0n) is 12.7. The molecule has 0 saturated heterocycles. The van der Waals surface area contributed by atoms with Gasteiger partial charge in [0, 0.05) is 16.1 Å². The van der Waals surface area contributed by atoms with Crippen molar-refractivity contribution in [2.24, 2.45) is 0 Å². The van der Waals surface area contributed by atoms with Gasteiger partial charge in [0.25, 0.3) is 10.0 Å². The Kier molecular flexibility index (Phi) is 4.37. The first-order chi connectivity index (χ1) is 11.2. The van der Waals surface area contributed by atoms with E-state index in [9.17, 15) is 17.2 Å². The van der Waals surface area contributed by atoms with Crippen molar-refractivity contribution in [3.8, 4) is 0 Å². The lowest BCUT2D eigenvalue weighted by molar-refractivity contribution is 0.553. The Balaban J connectivity index is 2.40. The van der Waals surface area contributed by atoms with Gasteiger partial charge in [-0.2, -0.15) is 0 Å². The van der Waals surface area contributed by atoms with Crippen LogP contribution < -0.4 is 0 Å². The van der Waals surface area contributed by atoms with E-state index < -0.39 is 21.1 Å². The summed E-state index contributed by atoms with van der Waals surface area (Å²) in [6.07, 6.45) is 1.51. The molecule has 0 radical (unpaired) electrons. The van der Waals surface area contributed by atoms with Crippen LogP contribution in [0, 0.1) is 13.8 Å². The molecule has 0 bridgehead atoms. The minimum Gasteiger partial charge on any atom is -0.301 e. The highest BCUT2D eigenvalue weighted by atomic mass is 79.9. The van der Waals surface area contributed by atoms with E-state index in [1.165, 1.54) is 24.4 Å². The van der Waals surface area contributed by atoms with Crippen LogP contribution in [0.1, 0.15) is 11.1 Å². The lowest BCUT2D eigenvalue weighted by atomic mass is 10.2. The summed E-state index contributed by atoms with van der Waals surface area (Å²) in [7, 11) is -4.06. The molecule has 0 saturated carbocycles. The lowest BCUT2D eigenvalue weighted by Crippen LogP contribution is -2.16. The SMILES string of the molecule is Cc1ccc(S(=O)(=O)n2c(S(=O)O)cc3c(Br)c(C)cnc32)cc1. The van der Waals surface area contributed by atoms with Crippen LogP contribution in [0.4, 0.5) is 0 Å². The second-order valence-electron chi connectivity index (χ2n) is 5.31. The van der Waals surface area contributed by atoms with Crippen molar-refractivity contribution in [1.82, 2.24) is 8.96 Å². The van der Waals surface area contributed by atoms with E-state index in [0.717, 1.165) is 15.1 Å². The summed E-state index contributed by atoms with van der Waals surface area (Å²) in [6, 6.07) is 7.62. The molecule has 0 spiro atoms. The van der Waals surface area contributed by atoms with Crippen LogP contribution >= 0.6 is 15.9 Å². The second-order valence-corrected chi connectivity index (χ2v) is 8.80. The Morgan fingerprint density at radius 3 is 2.42 bits per heavy atom. The number of aryl methyl sites for hydroxylation is 2. The first-order valence-electron chi connectivity index (χ1n) is 6.83. The molecular formula is C15H13BrN2O4S2. The summed E-state index contributed by atoms with van der Waals surface area (Å²) in [5.74, 6) is 0. The van der Waals surface area contributed by atoms with Crippen LogP contribution in [0.5, 0.6) is 0 Å². The van der Waals surface area contributed by atoms with Gasteiger partial charge in [0.1, 0.15) is 0 Å². The molecule has 126 valence electrons. The van der Waals surface area contributed by atoms with Gasteiger partial charge >= 0.3 is 0 Å². The molecule has 2 aromatic heterocycles. The molecule has 1 aromatic carbocycles. The van der Waals surface area contributed by atoms with Gasteiger partial charge in [-0.3, -0.25) is 0 Å². The monoisotopic (exact) mass is 428 g/mol. The van der Waals surface area contributed by atoms with Gasteiger partial charge in [-0.15, -0.1) is 0 Å². The average Bonchev–Trinajstić information content (AvgIpc) is 2.92. The first kappa shape index (κ1) is 17.3. The highest BCUT2D eigenvalue weighted by molar-refractivity contribution is 9.10. The summed E-state index contributed by atoms with van der Waals surface area (Å²) in [6.45, 7) is 3.65. The minimum atomic E-state index is -4.06. The van der Waals surface area contributed by atoms with Gasteiger partial charge < -0.3 is 4.55 Å². The van der Waals surface area contributed by atoms with Crippen molar-refractivity contribution < 1.29 is 17.2 Å². The summed E-state index contributed by atoms with van der Waals surface area (Å²) >= 11 is 0.891. The van der Waals surface area contributed by atoms with E-state index in [-0.39, 0.29) is 15.6 Å². The molecule has 1 unspecified atom stereocenters. The molecule has 3 rings (SSSR count). The Labute approximate surface area is 150 Å². The fourth-order valence-corrected chi connectivity index (χ4v) is 5.02. The number of hydrogen-bond donors (Lipinski definition) is 1. The third-order valence-corrected chi connectivity index (χ3v) is 7.15. The first-order valence-corrected chi connectivity index (χ1v) is 10.2. The molecule has 3 aromatic rings. The standard InChI is InChI=1S/C15H13BrN2O4S2/c1-9-3-5-11(6-4-9)24(21,22)18-13(23(19)20)7-12-14(16)10(2)8-17-15(12)18/h3-8H,1-2H3,(H,19,20). The highest BCUT2D eigenvalue weighted by Crippen LogP contribution is 2.32. The lowest BCUT2D eigenvalue weighted by Gasteiger charge is -2.10. The number of fused-ring (bicyclic) bond motifs is 1. The van der Waals surface area contributed by atoms with Gasteiger partial charge in [-0.25, -0.2) is 21.6 Å². The zero-order chi connectivity index (χ0) is 17.6. The maximum Gasteiger partial charge on any atom is 0.270 e. The van der Waals surface area contributed by atoms with Crippen molar-refractivity contribution in [2.45, 2.75) is 23.8 Å². The topological polar surface area (TPSA) is 89.3 Å². The Hall–Kier alpha value is -1.55. The van der Waals surface area contributed by atoms with E-state index in [1.54, 1.807) is 19.1 Å². The van der Waals surface area contributed by atoms with Crippen molar-refractivity contribution >= 4 is 48.1 Å². The predicted octanol–water partition coefficient (Wildman–Crippen LogP) is 3.23. The quantitative estimate of drug-likeness (QED) is 0.646. The van der Waals surface area contributed by atoms with Gasteiger partial charge in [-0.1, -0.05) is 17.7 Å². The summed E-state index contributed by atoms with van der Waals surface area (Å²) in [4.78, 5) is 4.19. The van der Waals surface area contributed by atoms with E-state index in [1.807, 2.05) is 6.92 Å². The van der Waals surface area contributed by atoms with E-state index in [0.29, 0.717) is 9.86 Å². The minimum absolute atomic E-state index is 0.0239. The fraction of sp³-hybridized carbons (Fsp3) is 0.133. The van der Waals surface area contributed by atoms with Crippen molar-refractivity contribution in [3.05, 3.63) is 52.1 Å². The summed E-state index contributed by atoms with van der Waals surface area (Å²) in [5.41, 5.74) is 1.81. The van der Waals surface area contributed by atoms with Gasteiger partial charge in [-0.05, 0) is 53.5 Å². The molecule has 2 heterocycles. The largest absolute Gasteiger partial charge is 0.301 e. The van der Waals surface area contributed by atoms with Crippen LogP contribution in [0.3, 0.4) is 0 Å². The van der Waals surface area contributed by atoms with E-state index in [4.69, 9.17) is 0 Å². The predicted molar refractivity (Wildman–Crippen MR) is 95.0 cm³/mol. The maximum atomic E-state index is 13.0. The number of halogens is 1. The summed E-state index contributed by atoms with van der Waals surface area (Å²) in [5, 5.41) is 0.215. The van der Waals surface area contributed by atoms with Crippen molar-refractivity contribution in [2.75, 3.05) is 0 Å². The van der Waals surface area contributed by atoms with E-state index >= 15 is 0 Å². The summed E-state index contributed by atoms with van der Waals surface area (Å²) < 4.78 is 48.7. The Morgan fingerprint density at radius 2 is 1.83 bits per heavy atom. The molecule has 1 atom stereocenters. The van der Waals surface area contributed by atoms with Crippen LogP contribution in [0.25, 0.3) is 11.0 Å². The normalized spacial score (nSPS) is 13.3. The molecule has 9 heteroatoms. The molecule has 0 amide bonds. The highest BCUT2D eigenvalue weighted by Gasteiger charge is 2.27. The molecule has 0 aliphatic carbocycles. The molecule has 0 fully saturated rings. The third kappa shape index (κ3) is 2.71. The molecular weight excluding hydrogens is 416 g/mol. The van der Waals surface area contributed by atoms with Crippen LogP contribution in [-0.2, 0) is 21.1 Å². The smallest absolute Gasteiger partial charge is 0.270 e. The van der Waals surface area contributed by atoms with Crippen LogP contribution in [0.2, 0.25) is 0 Å². The number of hydrogen-bond acceptors (Lipinski definition) is 4. The van der Waals surface area contributed by atoms with Crippen LogP contribution in [-0.4, -0.2) is 26.1 Å². The zero-order valence-corrected chi connectivity index (χ0v) is 15.9. The molecule has 6 nitrogen and oxygen atoms in total. The van der Waals surface area contributed by atoms with Crippen LogP contribution in [0.15, 0.2) is 50.9 Å². The van der Waals surface area contributed by atoms with Gasteiger partial charge in [0.2, 0.25) is 11.1 Å². The maximum absolute atomic E-state index is 13.0. The third-order valence-electron chi connectivity index (χ3n) is 3.60. The van der Waals surface area contributed by atoms with Crippen molar-refractivity contribution in [1.29, 1.82) is 0 Å². The number of benzene rings is 1. The molecule has 24 heavy (non-hydrogen) atoms. The van der Waals surface area contributed by atoms with Crippen molar-refractivity contribution in [3.63, 3.8) is 0 Å². The molecule has 1 N–H and O–H groups in total. The van der Waals surface area contributed by atoms with Gasteiger partial charge in [0.05, 0.1) is 4.90 Å². The molecule has 0 aliphatic rings. The van der Waals surface area contributed by atoms with Gasteiger partial charge in [0.15, 0.2) is 10.7 Å². The second kappa shape index (κ2) is 6.07. The Bertz CT molecular complexity index is 1070. The fourth-order valence-electron chi connectivity index (χ4n) is 2.34. The van der Waals surface area contributed by atoms with E-state index in [2.05, 4.69) is 20.9 Å².